The highest BCUT2D eigenvalue weighted by Gasteiger charge is 2.37. The van der Waals surface area contributed by atoms with Gasteiger partial charge in [0.05, 0.1) is 23.3 Å². The van der Waals surface area contributed by atoms with Crippen molar-refractivity contribution in [2.24, 2.45) is 10.9 Å². The largest absolute Gasteiger partial charge is 0.417 e. The number of allylic oxidation sites excluding steroid dienone is 1. The molecule has 48 heavy (non-hydrogen) atoms. The lowest BCUT2D eigenvalue weighted by atomic mass is 9.94. The molecule has 4 aromatic rings. The number of alkyl halides is 4. The SMILES string of the molecule is C=C=C(NC1=NC=CC1C)C(c1ccn2c1C[C@@H](F)C2)n1cc2c(C(F)(F)F)cc(-c3ccc(CCCCOCCC)cc3)c(C)c2n1.[HH]. The number of amidine groups is 1. The molecule has 1 N–H and O–H groups in total. The minimum atomic E-state index is -4.63. The molecule has 0 aliphatic carbocycles. The monoisotopic (exact) mass is 661 g/mol. The Morgan fingerprint density at radius 1 is 1.19 bits per heavy atom. The smallest absolute Gasteiger partial charge is 0.381 e. The van der Waals surface area contributed by atoms with Crippen molar-refractivity contribution in [1.82, 2.24) is 19.7 Å². The van der Waals surface area contributed by atoms with Crippen LogP contribution >= 0.6 is 0 Å². The Morgan fingerprint density at radius 2 is 1.98 bits per heavy atom. The van der Waals surface area contributed by atoms with E-state index in [9.17, 15) is 17.6 Å². The minimum Gasteiger partial charge on any atom is -0.381 e. The Kier molecular flexibility index (Phi) is 9.76. The molecule has 2 aromatic heterocycles. The summed E-state index contributed by atoms with van der Waals surface area (Å²) < 4.78 is 67.8. The van der Waals surface area contributed by atoms with Gasteiger partial charge in [-0.15, -0.1) is 5.73 Å². The molecule has 2 aromatic carbocycles. The van der Waals surface area contributed by atoms with Crippen molar-refractivity contribution in [3.05, 3.63) is 107 Å². The Balaban J connectivity index is 0.00000468. The molecule has 6 nitrogen and oxygen atoms in total. The van der Waals surface area contributed by atoms with E-state index >= 15 is 0 Å². The number of unbranched alkanes of at least 4 members (excludes halogenated alkanes) is 1. The number of nitrogens with zero attached hydrogens (tertiary/aromatic N) is 4. The number of aryl methyl sites for hydroxylation is 2. The van der Waals surface area contributed by atoms with E-state index in [1.165, 1.54) is 16.9 Å². The Morgan fingerprint density at radius 3 is 2.67 bits per heavy atom. The summed E-state index contributed by atoms with van der Waals surface area (Å²) in [5, 5.41) is 8.15. The van der Waals surface area contributed by atoms with Gasteiger partial charge < -0.3 is 14.6 Å². The summed E-state index contributed by atoms with van der Waals surface area (Å²) in [6.45, 7) is 11.5. The van der Waals surface area contributed by atoms with Crippen LogP contribution in [-0.2, 0) is 30.3 Å². The van der Waals surface area contributed by atoms with Crippen LogP contribution in [0.5, 0.6) is 0 Å². The Bertz CT molecular complexity index is 1900. The molecule has 0 amide bonds. The van der Waals surface area contributed by atoms with Crippen molar-refractivity contribution in [2.75, 3.05) is 13.2 Å². The van der Waals surface area contributed by atoms with E-state index < -0.39 is 24.0 Å². The van der Waals surface area contributed by atoms with Crippen molar-refractivity contribution in [2.45, 2.75) is 77.8 Å². The van der Waals surface area contributed by atoms with E-state index in [0.717, 1.165) is 55.7 Å². The molecule has 2 aliphatic heterocycles. The second-order valence-corrected chi connectivity index (χ2v) is 12.7. The third kappa shape index (κ3) is 6.78. The van der Waals surface area contributed by atoms with Gasteiger partial charge in [0.2, 0.25) is 0 Å². The number of hydrogen-bond acceptors (Lipinski definition) is 4. The van der Waals surface area contributed by atoms with Crippen molar-refractivity contribution in [3.8, 4) is 11.1 Å². The highest BCUT2D eigenvalue weighted by molar-refractivity contribution is 5.92. The highest BCUT2D eigenvalue weighted by Crippen LogP contribution is 2.42. The van der Waals surface area contributed by atoms with Crippen LogP contribution in [0, 0.1) is 12.8 Å². The molecule has 4 heterocycles. The van der Waals surface area contributed by atoms with Gasteiger partial charge in [-0.2, -0.15) is 18.3 Å². The maximum atomic E-state index is 14.8. The van der Waals surface area contributed by atoms with E-state index in [-0.39, 0.29) is 31.2 Å². The fraction of sp³-hybridized carbons (Fsp3) is 0.395. The van der Waals surface area contributed by atoms with Gasteiger partial charge in [-0.1, -0.05) is 50.8 Å². The van der Waals surface area contributed by atoms with E-state index in [0.29, 0.717) is 28.2 Å². The lowest BCUT2D eigenvalue weighted by Crippen LogP contribution is -2.31. The second kappa shape index (κ2) is 14.0. The second-order valence-electron chi connectivity index (χ2n) is 12.7. The van der Waals surface area contributed by atoms with E-state index in [1.807, 2.05) is 54.1 Å². The fourth-order valence-electron chi connectivity index (χ4n) is 6.67. The van der Waals surface area contributed by atoms with E-state index in [2.05, 4.69) is 29.5 Å². The van der Waals surface area contributed by atoms with Crippen molar-refractivity contribution in [1.29, 1.82) is 0 Å². The third-order valence-electron chi connectivity index (χ3n) is 9.22. The van der Waals surface area contributed by atoms with Crippen LogP contribution in [0.15, 0.2) is 84.1 Å². The predicted molar refractivity (Wildman–Crippen MR) is 184 cm³/mol. The maximum absolute atomic E-state index is 14.8. The average molecular weight is 662 g/mol. The summed E-state index contributed by atoms with van der Waals surface area (Å²) in [5.74, 6) is 0.651. The van der Waals surface area contributed by atoms with Crippen molar-refractivity contribution < 1.29 is 23.7 Å². The van der Waals surface area contributed by atoms with Gasteiger partial charge in [0.25, 0.3) is 0 Å². The molecule has 0 saturated carbocycles. The van der Waals surface area contributed by atoms with Gasteiger partial charge in [0.15, 0.2) is 0 Å². The van der Waals surface area contributed by atoms with Crippen LogP contribution < -0.4 is 5.32 Å². The molecule has 6 rings (SSSR count). The lowest BCUT2D eigenvalue weighted by molar-refractivity contribution is -0.136. The van der Waals surface area contributed by atoms with Crippen LogP contribution in [0.25, 0.3) is 22.0 Å². The Labute approximate surface area is 280 Å². The van der Waals surface area contributed by atoms with Gasteiger partial charge >= 0.3 is 6.18 Å². The first-order valence-electron chi connectivity index (χ1n) is 16.6. The molecule has 2 aliphatic rings. The zero-order chi connectivity index (χ0) is 34.0. The number of aromatic nitrogens is 3. The van der Waals surface area contributed by atoms with Gasteiger partial charge in [-0.05, 0) is 67.0 Å². The predicted octanol–water partition coefficient (Wildman–Crippen LogP) is 9.13. The lowest BCUT2D eigenvalue weighted by Gasteiger charge is -2.23. The molecular weight excluding hydrogens is 618 g/mol. The summed E-state index contributed by atoms with van der Waals surface area (Å²) in [5.41, 5.74) is 7.32. The fourth-order valence-corrected chi connectivity index (χ4v) is 6.67. The Hall–Kier alpha value is -4.40. The summed E-state index contributed by atoms with van der Waals surface area (Å²) in [6.07, 6.45) is 5.21. The van der Waals surface area contributed by atoms with Crippen molar-refractivity contribution in [3.63, 3.8) is 0 Å². The van der Waals surface area contributed by atoms with Crippen molar-refractivity contribution >= 4 is 16.7 Å². The summed E-state index contributed by atoms with van der Waals surface area (Å²) in [7, 11) is 0. The molecule has 3 atom stereocenters. The molecule has 0 fully saturated rings. The molecule has 0 radical (unpaired) electrons. The summed E-state index contributed by atoms with van der Waals surface area (Å²) >= 11 is 0. The number of aliphatic imine (C=N–C) groups is 1. The van der Waals surface area contributed by atoms with Crippen LogP contribution in [0.1, 0.15) is 68.5 Å². The third-order valence-corrected chi connectivity index (χ3v) is 9.22. The number of rotatable bonds is 12. The van der Waals surface area contributed by atoms with Gasteiger partial charge in [0, 0.05) is 62.2 Å². The molecular formula is C38H43F4N5O. The summed E-state index contributed by atoms with van der Waals surface area (Å²) in [4.78, 5) is 4.42. The summed E-state index contributed by atoms with van der Waals surface area (Å²) in [6, 6.07) is 10.1. The number of hydrogen-bond donors (Lipinski definition) is 1. The molecule has 0 spiro atoms. The van der Waals surface area contributed by atoms with Crippen LogP contribution in [0.2, 0.25) is 0 Å². The topological polar surface area (TPSA) is 56.4 Å². The van der Waals surface area contributed by atoms with Crippen LogP contribution in [0.4, 0.5) is 17.6 Å². The van der Waals surface area contributed by atoms with Gasteiger partial charge in [-0.25, -0.2) is 9.38 Å². The average Bonchev–Trinajstić information content (AvgIpc) is 3.84. The normalized spacial score (nSPS) is 17.9. The minimum absolute atomic E-state index is 0. The quantitative estimate of drug-likeness (QED) is 0.0936. The first kappa shape index (κ1) is 33.5. The molecule has 2 unspecified atom stereocenters. The first-order chi connectivity index (χ1) is 23.1. The maximum Gasteiger partial charge on any atom is 0.417 e. The van der Waals surface area contributed by atoms with Crippen LogP contribution in [0.3, 0.4) is 0 Å². The number of fused-ring (bicyclic) bond motifs is 2. The van der Waals surface area contributed by atoms with E-state index in [1.54, 1.807) is 13.1 Å². The molecule has 0 saturated heterocycles. The number of nitrogens with one attached hydrogen (secondary N) is 1. The number of benzene rings is 2. The molecule has 254 valence electrons. The van der Waals surface area contributed by atoms with Gasteiger partial charge in [0.1, 0.15) is 18.0 Å². The number of halogens is 4. The van der Waals surface area contributed by atoms with Gasteiger partial charge in [-0.3, -0.25) is 4.68 Å². The van der Waals surface area contributed by atoms with Crippen LogP contribution in [-0.4, -0.2) is 39.6 Å². The highest BCUT2D eigenvalue weighted by atomic mass is 19.4. The zero-order valence-electron chi connectivity index (χ0n) is 27.6. The molecule has 10 heteroatoms. The number of ether oxygens (including phenoxy) is 1. The molecule has 0 bridgehead atoms. The van der Waals surface area contributed by atoms with E-state index in [4.69, 9.17) is 9.84 Å². The first-order valence-corrected chi connectivity index (χ1v) is 16.6. The zero-order valence-corrected chi connectivity index (χ0v) is 27.6. The standard InChI is InChI=1S/C38H41F4N5O.H2/c1-5-18-48-19-8-7-9-26-10-12-27(13-11-26)30-21-32(38(40,41)42)31-23-47(45-35(31)25(30)4)36(29-15-17-46-22-28(39)20-34(29)46)33(6-2)44-37-24(3)14-16-43-37;/h10-17,21,23-24,28,36H,2,5,7-9,18-20,22H2,1,3-4H3,(H,43,44);1H/t24?,28-,36?;/m1./s1.